The zero-order valence-corrected chi connectivity index (χ0v) is 15.9. The maximum atomic E-state index is 13.1. The highest BCUT2D eigenvalue weighted by molar-refractivity contribution is 6.30. The lowest BCUT2D eigenvalue weighted by molar-refractivity contribution is -0.144. The van der Waals surface area contributed by atoms with Gasteiger partial charge < -0.3 is 10.0 Å². The van der Waals surface area contributed by atoms with Gasteiger partial charge in [0.25, 0.3) is 5.91 Å². The molecule has 1 aliphatic heterocycles. The molecule has 1 N–H and O–H groups in total. The molecular formula is C21H22ClNO3. The Kier molecular flexibility index (Phi) is 4.67. The molecule has 0 saturated heterocycles. The largest absolute Gasteiger partial charge is 0.375 e. The molecule has 0 bridgehead atoms. The van der Waals surface area contributed by atoms with Crippen molar-refractivity contribution in [3.05, 3.63) is 64.7 Å². The number of Topliss-reactive ketones (excluding diaryl/α,β-unsaturated/α-hetero) is 1. The number of aliphatic hydroxyl groups is 1. The summed E-state index contributed by atoms with van der Waals surface area (Å²) in [6, 6.07) is 14.3. The first-order valence-electron chi connectivity index (χ1n) is 8.54. The molecule has 0 radical (unpaired) electrons. The zero-order valence-electron chi connectivity index (χ0n) is 15.1. The van der Waals surface area contributed by atoms with Gasteiger partial charge in [-0.15, -0.1) is 0 Å². The minimum atomic E-state index is -1.83. The van der Waals surface area contributed by atoms with E-state index in [4.69, 9.17) is 11.6 Å². The maximum absolute atomic E-state index is 13.1. The van der Waals surface area contributed by atoms with E-state index in [2.05, 4.69) is 0 Å². The summed E-state index contributed by atoms with van der Waals surface area (Å²) < 4.78 is 0. The summed E-state index contributed by atoms with van der Waals surface area (Å²) >= 11 is 5.93. The van der Waals surface area contributed by atoms with E-state index in [1.807, 2.05) is 18.2 Å². The molecule has 2 aromatic rings. The summed E-state index contributed by atoms with van der Waals surface area (Å²) in [4.78, 5) is 27.2. The van der Waals surface area contributed by atoms with Crippen molar-refractivity contribution in [2.24, 2.45) is 5.41 Å². The lowest BCUT2D eigenvalue weighted by Gasteiger charge is -2.26. The summed E-state index contributed by atoms with van der Waals surface area (Å²) in [6.45, 7) is 5.67. The molecule has 1 aliphatic rings. The first kappa shape index (κ1) is 18.6. The average Bonchev–Trinajstić information content (AvgIpc) is 2.78. The van der Waals surface area contributed by atoms with Gasteiger partial charge in [0, 0.05) is 22.4 Å². The van der Waals surface area contributed by atoms with Crippen LogP contribution in [-0.4, -0.2) is 16.8 Å². The van der Waals surface area contributed by atoms with E-state index in [9.17, 15) is 14.7 Å². The Morgan fingerprint density at radius 3 is 2.35 bits per heavy atom. The summed E-state index contributed by atoms with van der Waals surface area (Å²) in [5.41, 5.74) is -0.445. The number of hydrogen-bond acceptors (Lipinski definition) is 3. The number of nitrogens with zero attached hydrogens (tertiary/aromatic N) is 1. The predicted molar refractivity (Wildman–Crippen MR) is 102 cm³/mol. The van der Waals surface area contributed by atoms with Crippen LogP contribution in [0.1, 0.15) is 38.3 Å². The standard InChI is InChI=1S/C21H22ClNO3/c1-20(2,3)18(24)12-21(26)16-6-4-5-7-17(16)23(19(21)25)13-14-8-10-15(22)11-9-14/h4-11,26H,12-13H2,1-3H3/t21-/m0/s1. The van der Waals surface area contributed by atoms with Crippen LogP contribution in [0.5, 0.6) is 0 Å². The van der Waals surface area contributed by atoms with Crippen LogP contribution in [0.4, 0.5) is 5.69 Å². The molecule has 0 spiro atoms. The molecule has 0 unspecified atom stereocenters. The van der Waals surface area contributed by atoms with Crippen LogP contribution in [0.15, 0.2) is 48.5 Å². The van der Waals surface area contributed by atoms with Crippen molar-refractivity contribution in [1.29, 1.82) is 0 Å². The molecule has 1 amide bonds. The number of carbonyl (C=O) groups excluding carboxylic acids is 2. The molecule has 1 heterocycles. The number of fused-ring (bicyclic) bond motifs is 1. The smallest absolute Gasteiger partial charge is 0.264 e. The Bertz CT molecular complexity index is 854. The number of benzene rings is 2. The number of hydrogen-bond donors (Lipinski definition) is 1. The number of halogens is 1. The van der Waals surface area contributed by atoms with Crippen molar-refractivity contribution >= 4 is 29.0 Å². The van der Waals surface area contributed by atoms with Gasteiger partial charge in [-0.25, -0.2) is 0 Å². The first-order chi connectivity index (χ1) is 12.1. The van der Waals surface area contributed by atoms with Gasteiger partial charge in [0.15, 0.2) is 5.60 Å². The second-order valence-corrected chi connectivity index (χ2v) is 8.18. The van der Waals surface area contributed by atoms with E-state index in [-0.39, 0.29) is 12.2 Å². The Morgan fingerprint density at radius 2 is 1.73 bits per heavy atom. The Hall–Kier alpha value is -2.17. The maximum Gasteiger partial charge on any atom is 0.264 e. The number of ketones is 1. The number of para-hydroxylation sites is 1. The van der Waals surface area contributed by atoms with Crippen molar-refractivity contribution < 1.29 is 14.7 Å². The molecule has 0 aromatic heterocycles. The Labute approximate surface area is 158 Å². The van der Waals surface area contributed by atoms with Crippen molar-refractivity contribution in [1.82, 2.24) is 0 Å². The van der Waals surface area contributed by atoms with Crippen molar-refractivity contribution in [3.8, 4) is 0 Å². The van der Waals surface area contributed by atoms with Gasteiger partial charge in [-0.2, -0.15) is 0 Å². The number of anilines is 1. The summed E-state index contributed by atoms with van der Waals surface area (Å²) in [5.74, 6) is -0.622. The topological polar surface area (TPSA) is 57.6 Å². The van der Waals surface area contributed by atoms with Crippen LogP contribution in [0.2, 0.25) is 5.02 Å². The quantitative estimate of drug-likeness (QED) is 0.881. The van der Waals surface area contributed by atoms with Crippen LogP contribution in [0.3, 0.4) is 0 Å². The molecule has 0 saturated carbocycles. The van der Waals surface area contributed by atoms with Crippen molar-refractivity contribution in [3.63, 3.8) is 0 Å². The fourth-order valence-electron chi connectivity index (χ4n) is 3.10. The van der Waals surface area contributed by atoms with Crippen LogP contribution in [0, 0.1) is 5.41 Å². The fraction of sp³-hybridized carbons (Fsp3) is 0.333. The second-order valence-electron chi connectivity index (χ2n) is 7.75. The fourth-order valence-corrected chi connectivity index (χ4v) is 3.23. The number of rotatable bonds is 4. The van der Waals surface area contributed by atoms with Gasteiger partial charge in [-0.3, -0.25) is 9.59 Å². The molecule has 136 valence electrons. The molecule has 2 aromatic carbocycles. The van der Waals surface area contributed by atoms with E-state index >= 15 is 0 Å². The van der Waals surface area contributed by atoms with Crippen LogP contribution in [-0.2, 0) is 21.7 Å². The average molecular weight is 372 g/mol. The summed E-state index contributed by atoms with van der Waals surface area (Å²) in [5, 5.41) is 11.8. The van der Waals surface area contributed by atoms with Gasteiger partial charge in [0.05, 0.1) is 12.2 Å². The van der Waals surface area contributed by atoms with Crippen LogP contribution in [0.25, 0.3) is 0 Å². The highest BCUT2D eigenvalue weighted by Gasteiger charge is 2.51. The second kappa shape index (κ2) is 6.53. The Balaban J connectivity index is 1.97. The molecule has 4 nitrogen and oxygen atoms in total. The number of carbonyl (C=O) groups is 2. The molecule has 3 rings (SSSR count). The van der Waals surface area contributed by atoms with Crippen molar-refractivity contribution in [2.75, 3.05) is 4.90 Å². The van der Waals surface area contributed by atoms with E-state index < -0.39 is 16.9 Å². The zero-order chi connectivity index (χ0) is 19.1. The molecule has 26 heavy (non-hydrogen) atoms. The predicted octanol–water partition coefficient (Wildman–Crippen LogP) is 4.08. The number of amides is 1. The summed E-state index contributed by atoms with van der Waals surface area (Å²) in [6.07, 6.45) is -0.233. The minimum Gasteiger partial charge on any atom is -0.375 e. The molecule has 0 fully saturated rings. The van der Waals surface area contributed by atoms with Gasteiger partial charge in [-0.1, -0.05) is 62.7 Å². The van der Waals surface area contributed by atoms with Gasteiger partial charge in [0.1, 0.15) is 5.78 Å². The first-order valence-corrected chi connectivity index (χ1v) is 8.92. The minimum absolute atomic E-state index is 0.156. The Morgan fingerprint density at radius 1 is 1.12 bits per heavy atom. The van der Waals surface area contributed by atoms with Gasteiger partial charge in [0.2, 0.25) is 0 Å². The van der Waals surface area contributed by atoms with Crippen LogP contribution >= 0.6 is 11.6 Å². The van der Waals surface area contributed by atoms with E-state index in [0.29, 0.717) is 22.8 Å². The molecule has 5 heteroatoms. The third kappa shape index (κ3) is 3.27. The van der Waals surface area contributed by atoms with E-state index in [0.717, 1.165) is 5.56 Å². The molecule has 0 aliphatic carbocycles. The molecule has 1 atom stereocenters. The SMILES string of the molecule is CC(C)(C)C(=O)C[C@@]1(O)C(=O)N(Cc2ccc(Cl)cc2)c2ccccc21. The third-order valence-electron chi connectivity index (χ3n) is 4.75. The van der Waals surface area contributed by atoms with Crippen LogP contribution < -0.4 is 4.90 Å². The monoisotopic (exact) mass is 371 g/mol. The highest BCUT2D eigenvalue weighted by atomic mass is 35.5. The molecular weight excluding hydrogens is 350 g/mol. The lowest BCUT2D eigenvalue weighted by atomic mass is 9.81. The van der Waals surface area contributed by atoms with Gasteiger partial charge in [-0.05, 0) is 23.8 Å². The van der Waals surface area contributed by atoms with E-state index in [1.54, 1.807) is 51.1 Å². The summed E-state index contributed by atoms with van der Waals surface area (Å²) in [7, 11) is 0. The van der Waals surface area contributed by atoms with Crippen molar-refractivity contribution in [2.45, 2.75) is 39.3 Å². The normalized spacial score (nSPS) is 19.6. The highest BCUT2D eigenvalue weighted by Crippen LogP contribution is 2.44. The lowest BCUT2D eigenvalue weighted by Crippen LogP contribution is -2.43. The van der Waals surface area contributed by atoms with E-state index in [1.165, 1.54) is 4.90 Å². The third-order valence-corrected chi connectivity index (χ3v) is 5.00. The van der Waals surface area contributed by atoms with Gasteiger partial charge >= 0.3 is 0 Å².